The van der Waals surface area contributed by atoms with Crippen molar-refractivity contribution < 1.29 is 4.79 Å². The van der Waals surface area contributed by atoms with Crippen molar-refractivity contribution in [2.75, 3.05) is 13.1 Å². The molecule has 1 aliphatic heterocycles. The largest absolute Gasteiger partial charge is 0.351 e. The van der Waals surface area contributed by atoms with E-state index in [0.29, 0.717) is 11.3 Å². The summed E-state index contributed by atoms with van der Waals surface area (Å²) < 4.78 is 0. The topological polar surface area (TPSA) is 41.1 Å². The molecule has 0 aromatic heterocycles. The summed E-state index contributed by atoms with van der Waals surface area (Å²) in [5, 5.41) is 6.58. The Morgan fingerprint density at radius 2 is 1.70 bits per heavy atom. The number of hydrogen-bond acceptors (Lipinski definition) is 2. The second-order valence-electron chi connectivity index (χ2n) is 8.38. The van der Waals surface area contributed by atoms with Crippen molar-refractivity contribution in [3.63, 3.8) is 0 Å². The number of carbonyl (C=O) groups excluding carboxylic acids is 1. The molecule has 0 bridgehead atoms. The highest BCUT2D eigenvalue weighted by Crippen LogP contribution is 2.37. The van der Waals surface area contributed by atoms with E-state index in [1.54, 1.807) is 6.92 Å². The molecule has 2 N–H and O–H groups in total. The van der Waals surface area contributed by atoms with Crippen LogP contribution < -0.4 is 10.6 Å². The van der Waals surface area contributed by atoms with Gasteiger partial charge in [-0.05, 0) is 69.9 Å². The first kappa shape index (κ1) is 17.5. The second kappa shape index (κ2) is 6.93. The molecule has 1 amide bonds. The molecule has 0 radical (unpaired) electrons. The van der Waals surface area contributed by atoms with E-state index < -0.39 is 0 Å². The van der Waals surface area contributed by atoms with Crippen LogP contribution in [0.15, 0.2) is 0 Å². The van der Waals surface area contributed by atoms with E-state index in [1.165, 1.54) is 19.3 Å². The summed E-state index contributed by atoms with van der Waals surface area (Å²) in [4.78, 5) is 11.4. The van der Waals surface area contributed by atoms with Crippen LogP contribution in [-0.4, -0.2) is 24.5 Å². The molecule has 1 fully saturated rings. The lowest BCUT2D eigenvalue weighted by molar-refractivity contribution is -0.120. The molecule has 0 aromatic rings. The summed E-state index contributed by atoms with van der Waals surface area (Å²) >= 11 is 0. The first-order valence-corrected chi connectivity index (χ1v) is 8.08. The van der Waals surface area contributed by atoms with E-state index in [-0.39, 0.29) is 11.4 Å². The van der Waals surface area contributed by atoms with Gasteiger partial charge in [0.05, 0.1) is 0 Å². The van der Waals surface area contributed by atoms with Crippen LogP contribution in [-0.2, 0) is 4.79 Å². The molecule has 1 saturated heterocycles. The van der Waals surface area contributed by atoms with E-state index in [9.17, 15) is 4.79 Å². The normalized spacial score (nSPS) is 19.7. The summed E-state index contributed by atoms with van der Waals surface area (Å²) in [5.74, 6) is 1.57. The zero-order valence-corrected chi connectivity index (χ0v) is 14.3. The van der Waals surface area contributed by atoms with Crippen molar-refractivity contribution >= 4 is 5.91 Å². The maximum Gasteiger partial charge on any atom is 0.217 e. The van der Waals surface area contributed by atoms with E-state index >= 15 is 0 Å². The summed E-state index contributed by atoms with van der Waals surface area (Å²) in [6.07, 6.45) is 4.86. The van der Waals surface area contributed by atoms with Crippen LogP contribution in [0.25, 0.3) is 0 Å². The number of piperidine rings is 1. The second-order valence-corrected chi connectivity index (χ2v) is 8.38. The minimum atomic E-state index is -0.105. The van der Waals surface area contributed by atoms with Gasteiger partial charge in [0, 0.05) is 12.5 Å². The van der Waals surface area contributed by atoms with Crippen LogP contribution in [0.3, 0.4) is 0 Å². The summed E-state index contributed by atoms with van der Waals surface area (Å²) in [6.45, 7) is 15.2. The Labute approximate surface area is 125 Å². The third-order valence-corrected chi connectivity index (χ3v) is 4.21. The van der Waals surface area contributed by atoms with Gasteiger partial charge in [0.25, 0.3) is 0 Å². The van der Waals surface area contributed by atoms with Gasteiger partial charge in [-0.1, -0.05) is 20.8 Å². The Bertz CT molecular complexity index is 311. The molecule has 3 nitrogen and oxygen atoms in total. The molecule has 118 valence electrons. The lowest BCUT2D eigenvalue weighted by atomic mass is 9.71. The molecule has 0 unspecified atom stereocenters. The van der Waals surface area contributed by atoms with E-state index in [0.717, 1.165) is 25.4 Å². The highest BCUT2D eigenvalue weighted by atomic mass is 16.1. The average molecular weight is 282 g/mol. The SMILES string of the molecule is CC(=O)NC(C)(C)C[C@@H](CC(C)(C)C)C1CCNCC1. The summed E-state index contributed by atoms with van der Waals surface area (Å²) in [7, 11) is 0. The van der Waals surface area contributed by atoms with Crippen molar-refractivity contribution in [2.45, 2.75) is 72.8 Å². The predicted molar refractivity (Wildman–Crippen MR) is 85.7 cm³/mol. The molecule has 1 rings (SSSR count). The Hall–Kier alpha value is -0.570. The molecule has 20 heavy (non-hydrogen) atoms. The highest BCUT2D eigenvalue weighted by molar-refractivity contribution is 5.73. The fourth-order valence-corrected chi connectivity index (χ4v) is 3.69. The Morgan fingerprint density at radius 1 is 1.15 bits per heavy atom. The number of amides is 1. The maximum absolute atomic E-state index is 11.4. The van der Waals surface area contributed by atoms with Crippen LogP contribution in [0.5, 0.6) is 0 Å². The average Bonchev–Trinajstić information content (AvgIpc) is 2.25. The van der Waals surface area contributed by atoms with Crippen molar-refractivity contribution in [3.05, 3.63) is 0 Å². The fraction of sp³-hybridized carbons (Fsp3) is 0.941. The first-order valence-electron chi connectivity index (χ1n) is 8.08. The number of hydrogen-bond donors (Lipinski definition) is 2. The highest BCUT2D eigenvalue weighted by Gasteiger charge is 2.32. The van der Waals surface area contributed by atoms with Crippen LogP contribution in [0, 0.1) is 17.3 Å². The molecular formula is C17H34N2O. The summed E-state index contributed by atoms with van der Waals surface area (Å²) in [5.41, 5.74) is 0.245. The van der Waals surface area contributed by atoms with E-state index in [4.69, 9.17) is 0 Å². The van der Waals surface area contributed by atoms with Gasteiger partial charge in [-0.25, -0.2) is 0 Å². The molecule has 0 saturated carbocycles. The van der Waals surface area contributed by atoms with Gasteiger partial charge in [-0.3, -0.25) is 4.79 Å². The van der Waals surface area contributed by atoms with Gasteiger partial charge in [0.15, 0.2) is 0 Å². The Kier molecular flexibility index (Phi) is 6.06. The zero-order valence-electron chi connectivity index (χ0n) is 14.3. The van der Waals surface area contributed by atoms with Gasteiger partial charge >= 0.3 is 0 Å². The van der Waals surface area contributed by atoms with E-state index in [1.807, 2.05) is 0 Å². The van der Waals surface area contributed by atoms with Gasteiger partial charge in [0.1, 0.15) is 0 Å². The number of rotatable bonds is 5. The van der Waals surface area contributed by atoms with Gasteiger partial charge in [-0.15, -0.1) is 0 Å². The Balaban J connectivity index is 2.73. The van der Waals surface area contributed by atoms with Gasteiger partial charge in [-0.2, -0.15) is 0 Å². The monoisotopic (exact) mass is 282 g/mol. The molecule has 0 aliphatic carbocycles. The van der Waals surface area contributed by atoms with Gasteiger partial charge in [0.2, 0.25) is 5.91 Å². The molecule has 1 aliphatic rings. The third-order valence-electron chi connectivity index (χ3n) is 4.21. The van der Waals surface area contributed by atoms with Crippen molar-refractivity contribution in [1.82, 2.24) is 10.6 Å². The lowest BCUT2D eigenvalue weighted by Gasteiger charge is -2.39. The van der Waals surface area contributed by atoms with Crippen LogP contribution in [0.1, 0.15) is 67.2 Å². The minimum absolute atomic E-state index is 0.0785. The molecule has 0 spiro atoms. The van der Waals surface area contributed by atoms with Crippen molar-refractivity contribution in [1.29, 1.82) is 0 Å². The maximum atomic E-state index is 11.4. The minimum Gasteiger partial charge on any atom is -0.351 e. The molecule has 1 heterocycles. The lowest BCUT2D eigenvalue weighted by Crippen LogP contribution is -2.45. The predicted octanol–water partition coefficient (Wildman–Crippen LogP) is 3.34. The van der Waals surface area contributed by atoms with Gasteiger partial charge < -0.3 is 10.6 Å². The molecular weight excluding hydrogens is 248 g/mol. The zero-order chi connectivity index (χ0) is 15.4. The van der Waals surface area contributed by atoms with Crippen LogP contribution in [0.4, 0.5) is 0 Å². The van der Waals surface area contributed by atoms with E-state index in [2.05, 4.69) is 45.3 Å². The van der Waals surface area contributed by atoms with Crippen molar-refractivity contribution in [2.24, 2.45) is 17.3 Å². The van der Waals surface area contributed by atoms with Crippen LogP contribution >= 0.6 is 0 Å². The molecule has 0 aromatic carbocycles. The quantitative estimate of drug-likeness (QED) is 0.812. The fourth-order valence-electron chi connectivity index (χ4n) is 3.69. The molecule has 1 atom stereocenters. The number of nitrogens with one attached hydrogen (secondary N) is 2. The van der Waals surface area contributed by atoms with Crippen molar-refractivity contribution in [3.8, 4) is 0 Å². The molecule has 3 heteroatoms. The first-order chi connectivity index (χ1) is 9.09. The third kappa shape index (κ3) is 6.74. The number of carbonyl (C=O) groups is 1. The van der Waals surface area contributed by atoms with Crippen LogP contribution in [0.2, 0.25) is 0 Å². The Morgan fingerprint density at radius 3 is 2.15 bits per heavy atom. The standard InChI is InChI=1S/C17H34N2O/c1-13(20)19-17(5,6)12-15(11-16(2,3)4)14-7-9-18-10-8-14/h14-15,18H,7-12H2,1-6H3,(H,19,20)/t15-/m1/s1. The summed E-state index contributed by atoms with van der Waals surface area (Å²) in [6, 6.07) is 0. The smallest absolute Gasteiger partial charge is 0.217 e.